The largest absolute Gasteiger partial charge is 0.416 e. The molecule has 5 rings (SSSR count). The molecule has 0 radical (unpaired) electrons. The van der Waals surface area contributed by atoms with Gasteiger partial charge in [0, 0.05) is 67.9 Å². The average molecular weight is 565 g/mol. The summed E-state index contributed by atoms with van der Waals surface area (Å²) in [7, 11) is 1.70. The third-order valence-electron chi connectivity index (χ3n) is 7.98. The molecule has 2 heterocycles. The van der Waals surface area contributed by atoms with Crippen LogP contribution < -0.4 is 0 Å². The first-order chi connectivity index (χ1) is 18.0. The lowest BCUT2D eigenvalue weighted by Crippen LogP contribution is -2.53. The van der Waals surface area contributed by atoms with E-state index in [0.717, 1.165) is 68.7 Å². The molecule has 38 heavy (non-hydrogen) atoms. The highest BCUT2D eigenvalue weighted by atomic mass is 35.5. The van der Waals surface area contributed by atoms with E-state index in [9.17, 15) is 18.0 Å². The predicted molar refractivity (Wildman–Crippen MR) is 144 cm³/mol. The highest BCUT2D eigenvalue weighted by Crippen LogP contribution is 2.37. The number of rotatable bonds is 6. The van der Waals surface area contributed by atoms with Crippen molar-refractivity contribution in [2.24, 2.45) is 13.0 Å². The lowest BCUT2D eigenvalue weighted by molar-refractivity contribution is -0.137. The first-order valence-corrected chi connectivity index (χ1v) is 13.4. The van der Waals surface area contributed by atoms with Crippen molar-refractivity contribution in [3.05, 3.63) is 69.0 Å². The van der Waals surface area contributed by atoms with Gasteiger partial charge >= 0.3 is 6.18 Å². The maximum Gasteiger partial charge on any atom is 0.416 e. The van der Waals surface area contributed by atoms with Crippen LogP contribution in [0, 0.1) is 12.8 Å². The quantitative estimate of drug-likeness (QED) is 0.326. The Morgan fingerprint density at radius 2 is 1.84 bits per heavy atom. The molecule has 10 heteroatoms. The molecule has 202 valence electrons. The molecule has 5 nitrogen and oxygen atoms in total. The number of imidazole rings is 1. The van der Waals surface area contributed by atoms with Crippen molar-refractivity contribution in [3.8, 4) is 0 Å². The summed E-state index contributed by atoms with van der Waals surface area (Å²) in [6.07, 6.45) is -1.24. The molecule has 0 spiro atoms. The fraction of sp³-hybridized carbons (Fsp3) is 0.429. The topological polar surface area (TPSA) is 41.4 Å². The molecule has 1 aliphatic carbocycles. The van der Waals surface area contributed by atoms with Crippen molar-refractivity contribution in [2.75, 3.05) is 26.2 Å². The summed E-state index contributed by atoms with van der Waals surface area (Å²) < 4.78 is 41.8. The molecule has 2 fully saturated rings. The number of halogens is 5. The molecule has 2 aliphatic rings. The van der Waals surface area contributed by atoms with Crippen molar-refractivity contribution in [2.45, 2.75) is 38.4 Å². The minimum absolute atomic E-state index is 0.200. The molecule has 1 saturated heterocycles. The van der Waals surface area contributed by atoms with Crippen LogP contribution >= 0.6 is 23.2 Å². The molecule has 0 unspecified atom stereocenters. The van der Waals surface area contributed by atoms with Crippen molar-refractivity contribution < 1.29 is 18.0 Å². The third kappa shape index (κ3) is 4.94. The van der Waals surface area contributed by atoms with E-state index in [1.54, 1.807) is 24.6 Å². The Labute approximate surface area is 229 Å². The highest BCUT2D eigenvalue weighted by molar-refractivity contribution is 6.37. The van der Waals surface area contributed by atoms with Crippen LogP contribution in [0.5, 0.6) is 0 Å². The number of nitrogens with zero attached hydrogens (tertiary/aromatic N) is 4. The number of hydrogen-bond acceptors (Lipinski definition) is 4. The second-order valence-electron chi connectivity index (χ2n) is 10.3. The lowest BCUT2D eigenvalue weighted by Gasteiger charge is -2.46. The minimum Gasteiger partial charge on any atom is -0.369 e. The molecule has 1 aromatic heterocycles. The summed E-state index contributed by atoms with van der Waals surface area (Å²) >= 11 is 13.5. The van der Waals surface area contributed by atoms with Gasteiger partial charge in [-0.3, -0.25) is 4.90 Å². The van der Waals surface area contributed by atoms with Gasteiger partial charge in [-0.05, 0) is 55.2 Å². The standard InChI is InChI=1S/C28H29Cl2F3N4O/c1-16-10-19(28(31,32)33)13-24-27(16)34-25(35(24)3)14-22-23(29)5-4-21(26(22)30)17(2)36-6-8-37(9-7-36)20-11-18(12-20)15-38/h4-5,10,13,15,18,20H,2,6-9,11-12,14H2,1,3H3. The van der Waals surface area contributed by atoms with Crippen molar-refractivity contribution >= 4 is 46.2 Å². The van der Waals surface area contributed by atoms with Gasteiger partial charge in [0.1, 0.15) is 12.1 Å². The molecule has 0 bridgehead atoms. The number of fused-ring (bicyclic) bond motifs is 1. The van der Waals surface area contributed by atoms with Gasteiger partial charge in [0.05, 0.1) is 21.6 Å². The number of piperazine rings is 1. The maximum absolute atomic E-state index is 13.4. The van der Waals surface area contributed by atoms with E-state index in [1.807, 2.05) is 6.07 Å². The van der Waals surface area contributed by atoms with Gasteiger partial charge in [-0.2, -0.15) is 13.2 Å². The molecule has 1 aliphatic heterocycles. The third-order valence-corrected chi connectivity index (χ3v) is 8.77. The number of benzene rings is 2. The molecule has 3 aromatic rings. The van der Waals surface area contributed by atoms with E-state index in [1.165, 1.54) is 0 Å². The zero-order valence-corrected chi connectivity index (χ0v) is 22.8. The van der Waals surface area contributed by atoms with Gasteiger partial charge < -0.3 is 14.3 Å². The lowest BCUT2D eigenvalue weighted by atomic mass is 9.80. The van der Waals surface area contributed by atoms with E-state index in [4.69, 9.17) is 23.2 Å². The van der Waals surface area contributed by atoms with Gasteiger partial charge in [0.25, 0.3) is 0 Å². The Balaban J connectivity index is 1.36. The van der Waals surface area contributed by atoms with E-state index < -0.39 is 11.7 Å². The smallest absolute Gasteiger partial charge is 0.369 e. The molecule has 0 atom stereocenters. The summed E-state index contributed by atoms with van der Waals surface area (Å²) in [6.45, 7) is 9.35. The van der Waals surface area contributed by atoms with Gasteiger partial charge in [0.15, 0.2) is 0 Å². The fourth-order valence-corrected chi connectivity index (χ4v) is 6.15. The number of carbonyl (C=O) groups is 1. The van der Waals surface area contributed by atoms with E-state index in [2.05, 4.69) is 21.4 Å². The number of aromatic nitrogens is 2. The van der Waals surface area contributed by atoms with Crippen LogP contribution in [0.3, 0.4) is 0 Å². The zero-order chi connectivity index (χ0) is 27.4. The van der Waals surface area contributed by atoms with Crippen LogP contribution in [-0.4, -0.2) is 57.9 Å². The van der Waals surface area contributed by atoms with Gasteiger partial charge in [-0.1, -0.05) is 29.8 Å². The Morgan fingerprint density at radius 3 is 2.47 bits per heavy atom. The second-order valence-corrected chi connectivity index (χ2v) is 11.1. The average Bonchev–Trinajstić information content (AvgIpc) is 3.16. The predicted octanol–water partition coefficient (Wildman–Crippen LogP) is 6.36. The highest BCUT2D eigenvalue weighted by Gasteiger charge is 2.35. The van der Waals surface area contributed by atoms with Crippen LogP contribution in [0.25, 0.3) is 16.7 Å². The van der Waals surface area contributed by atoms with E-state index in [-0.39, 0.29) is 12.3 Å². The van der Waals surface area contributed by atoms with Crippen LogP contribution in [-0.2, 0) is 24.4 Å². The normalized spacial score (nSPS) is 20.6. The number of aryl methyl sites for hydroxylation is 2. The summed E-state index contributed by atoms with van der Waals surface area (Å²) in [6, 6.07) is 6.37. The van der Waals surface area contributed by atoms with Gasteiger partial charge in [0.2, 0.25) is 0 Å². The van der Waals surface area contributed by atoms with E-state index >= 15 is 0 Å². The first-order valence-electron chi connectivity index (χ1n) is 12.6. The van der Waals surface area contributed by atoms with Crippen LogP contribution in [0.4, 0.5) is 13.2 Å². The first kappa shape index (κ1) is 27.0. The SMILES string of the molecule is C=C(c1ccc(Cl)c(Cc2nc3c(C)cc(C(F)(F)F)cc3n2C)c1Cl)N1CCN(C2CC(C=O)C2)CC1. The molecule has 1 saturated carbocycles. The van der Waals surface area contributed by atoms with Gasteiger partial charge in [-0.25, -0.2) is 4.98 Å². The molecule has 0 N–H and O–H groups in total. The summed E-state index contributed by atoms with van der Waals surface area (Å²) in [5.41, 5.74) is 2.93. The molecule has 0 amide bonds. The Kier molecular flexibility index (Phi) is 7.26. The van der Waals surface area contributed by atoms with Crippen molar-refractivity contribution in [1.29, 1.82) is 0 Å². The monoisotopic (exact) mass is 564 g/mol. The maximum atomic E-state index is 13.4. The van der Waals surface area contributed by atoms with Crippen LogP contribution in [0.15, 0.2) is 30.8 Å². The Morgan fingerprint density at radius 1 is 1.16 bits per heavy atom. The number of carbonyl (C=O) groups excluding carboxylic acids is 1. The van der Waals surface area contributed by atoms with E-state index in [0.29, 0.717) is 44.1 Å². The molecule has 2 aromatic carbocycles. The zero-order valence-electron chi connectivity index (χ0n) is 21.3. The van der Waals surface area contributed by atoms with Gasteiger partial charge in [-0.15, -0.1) is 0 Å². The summed E-state index contributed by atoms with van der Waals surface area (Å²) in [5, 5.41) is 0.934. The minimum atomic E-state index is -4.44. The molecular formula is C28H29Cl2F3N4O. The Hall–Kier alpha value is -2.55. The van der Waals surface area contributed by atoms with Crippen LogP contribution in [0.1, 0.15) is 40.9 Å². The summed E-state index contributed by atoms with van der Waals surface area (Å²) in [4.78, 5) is 20.2. The second kappa shape index (κ2) is 10.2. The number of alkyl halides is 3. The van der Waals surface area contributed by atoms with Crippen molar-refractivity contribution in [3.63, 3.8) is 0 Å². The molecular weight excluding hydrogens is 536 g/mol. The van der Waals surface area contributed by atoms with Crippen LogP contribution in [0.2, 0.25) is 10.0 Å². The fourth-order valence-electron chi connectivity index (χ4n) is 5.53. The van der Waals surface area contributed by atoms with Crippen molar-refractivity contribution in [1.82, 2.24) is 19.4 Å². The number of hydrogen-bond donors (Lipinski definition) is 0. The Bertz CT molecular complexity index is 1400. The summed E-state index contributed by atoms with van der Waals surface area (Å²) in [5.74, 6) is 0.767. The number of aldehydes is 1.